The van der Waals surface area contributed by atoms with Crippen molar-refractivity contribution in [3.63, 3.8) is 0 Å². The Hall–Kier alpha value is -1.98. The topological polar surface area (TPSA) is 40.5 Å². The van der Waals surface area contributed by atoms with E-state index in [0.717, 1.165) is 22.0 Å². The van der Waals surface area contributed by atoms with Crippen LogP contribution in [0.15, 0.2) is 101 Å². The molecular weight excluding hydrogens is 516 g/mol. The van der Waals surface area contributed by atoms with Gasteiger partial charge in [0.1, 0.15) is 11.2 Å². The summed E-state index contributed by atoms with van der Waals surface area (Å²) >= 11 is 7.21. The Kier molecular flexibility index (Phi) is 4.91. The van der Waals surface area contributed by atoms with Crippen molar-refractivity contribution >= 4 is 31.9 Å². The first-order chi connectivity index (χ1) is 14.8. The minimum absolute atomic E-state index is 0.126. The number of fused-ring (bicyclic) bond motifs is 2. The highest BCUT2D eigenvalue weighted by atomic mass is 79.9. The van der Waals surface area contributed by atoms with Crippen molar-refractivity contribution in [1.29, 1.82) is 0 Å². The minimum atomic E-state index is -1.37. The maximum Gasteiger partial charge on any atom is 0.141 e. The van der Waals surface area contributed by atoms with Crippen molar-refractivity contribution in [2.24, 2.45) is 0 Å². The van der Waals surface area contributed by atoms with E-state index in [0.29, 0.717) is 22.3 Å². The molecule has 0 bridgehead atoms. The van der Waals surface area contributed by atoms with Gasteiger partial charge in [0.2, 0.25) is 0 Å². The summed E-state index contributed by atoms with van der Waals surface area (Å²) in [6.45, 7) is 2.11. The predicted octanol–water partition coefficient (Wildman–Crippen LogP) is 6.32. The van der Waals surface area contributed by atoms with E-state index in [-0.39, 0.29) is 4.32 Å². The molecule has 1 atom stereocenters. The van der Waals surface area contributed by atoms with Crippen LogP contribution in [0.5, 0.6) is 0 Å². The molecule has 0 aliphatic heterocycles. The molecule has 0 radical (unpaired) electrons. The summed E-state index contributed by atoms with van der Waals surface area (Å²) in [5, 5.41) is 24.6. The molecule has 3 aromatic rings. The molecule has 31 heavy (non-hydrogen) atoms. The lowest BCUT2D eigenvalue weighted by atomic mass is 9.63. The van der Waals surface area contributed by atoms with Crippen molar-refractivity contribution < 1.29 is 10.2 Å². The van der Waals surface area contributed by atoms with E-state index >= 15 is 0 Å². The van der Waals surface area contributed by atoms with Crippen molar-refractivity contribution in [1.82, 2.24) is 0 Å². The second kappa shape index (κ2) is 7.28. The number of hydrogen-bond acceptors (Lipinski definition) is 2. The molecule has 0 spiro atoms. The highest BCUT2D eigenvalue weighted by Gasteiger charge is 2.51. The average molecular weight is 538 g/mol. The van der Waals surface area contributed by atoms with E-state index in [4.69, 9.17) is 0 Å². The Bertz CT molecular complexity index is 1170. The van der Waals surface area contributed by atoms with Crippen LogP contribution in [-0.4, -0.2) is 14.5 Å². The molecule has 0 amide bonds. The minimum Gasteiger partial charge on any atom is -0.376 e. The first-order valence-corrected chi connectivity index (χ1v) is 11.8. The van der Waals surface area contributed by atoms with Gasteiger partial charge in [-0.15, -0.1) is 0 Å². The maximum atomic E-state index is 12.3. The quantitative estimate of drug-likeness (QED) is 0.375. The fraction of sp³-hybridized carbons (Fsp3) is 0.185. The molecule has 0 aromatic heterocycles. The molecule has 0 fully saturated rings. The van der Waals surface area contributed by atoms with E-state index in [9.17, 15) is 10.2 Å². The highest BCUT2D eigenvalue weighted by Crippen LogP contribution is 2.54. The summed E-state index contributed by atoms with van der Waals surface area (Å²) in [6, 6.07) is 23.1. The summed E-state index contributed by atoms with van der Waals surface area (Å²) < 4.78 is 0.822. The van der Waals surface area contributed by atoms with Gasteiger partial charge >= 0.3 is 0 Å². The zero-order valence-corrected chi connectivity index (χ0v) is 20.2. The third kappa shape index (κ3) is 3.12. The van der Waals surface area contributed by atoms with Crippen molar-refractivity contribution in [2.45, 2.75) is 28.9 Å². The van der Waals surface area contributed by atoms with Crippen LogP contribution in [0.25, 0.3) is 0 Å². The summed E-state index contributed by atoms with van der Waals surface area (Å²) in [7, 11) is 0. The van der Waals surface area contributed by atoms with E-state index in [1.54, 1.807) is 0 Å². The smallest absolute Gasteiger partial charge is 0.141 e. The zero-order valence-electron chi connectivity index (χ0n) is 17.0. The van der Waals surface area contributed by atoms with Gasteiger partial charge in [0.05, 0.1) is 0 Å². The number of rotatable bonds is 2. The zero-order chi connectivity index (χ0) is 21.9. The molecule has 3 aromatic carbocycles. The first-order valence-electron chi connectivity index (χ1n) is 10.3. The second-order valence-corrected chi connectivity index (χ2v) is 11.2. The van der Waals surface area contributed by atoms with Gasteiger partial charge in [0.15, 0.2) is 0 Å². The molecule has 156 valence electrons. The van der Waals surface area contributed by atoms with E-state index < -0.39 is 11.2 Å². The summed E-state index contributed by atoms with van der Waals surface area (Å²) in [5.74, 6) is 0. The molecule has 0 saturated heterocycles. The lowest BCUT2D eigenvalue weighted by molar-refractivity contribution is 0.0740. The predicted molar refractivity (Wildman–Crippen MR) is 131 cm³/mol. The van der Waals surface area contributed by atoms with E-state index in [2.05, 4.69) is 50.9 Å². The second-order valence-electron chi connectivity index (χ2n) is 8.49. The van der Waals surface area contributed by atoms with Crippen LogP contribution in [0.1, 0.15) is 41.2 Å². The Morgan fingerprint density at radius 2 is 1.23 bits per heavy atom. The van der Waals surface area contributed by atoms with Crippen molar-refractivity contribution in [2.75, 3.05) is 0 Å². The van der Waals surface area contributed by atoms with Gasteiger partial charge in [0.25, 0.3) is 0 Å². The molecule has 5 rings (SSSR count). The molecule has 0 heterocycles. The van der Waals surface area contributed by atoms with Crippen molar-refractivity contribution in [3.8, 4) is 0 Å². The molecular formula is C27H22Br2O2. The molecule has 4 heteroatoms. The average Bonchev–Trinajstić information content (AvgIpc) is 2.78. The highest BCUT2D eigenvalue weighted by molar-refractivity contribution is 9.10. The van der Waals surface area contributed by atoms with Gasteiger partial charge in [-0.3, -0.25) is 0 Å². The Labute approximate surface area is 199 Å². The van der Waals surface area contributed by atoms with Crippen LogP contribution in [0.3, 0.4) is 0 Å². The molecule has 1 unspecified atom stereocenters. The Morgan fingerprint density at radius 1 is 0.742 bits per heavy atom. The number of alkyl halides is 1. The third-order valence-corrected chi connectivity index (χ3v) is 7.54. The van der Waals surface area contributed by atoms with Crippen molar-refractivity contribution in [3.05, 3.63) is 129 Å². The maximum absolute atomic E-state index is 12.3. The van der Waals surface area contributed by atoms with Gasteiger partial charge in [0, 0.05) is 8.80 Å². The van der Waals surface area contributed by atoms with Gasteiger partial charge in [-0.2, -0.15) is 0 Å². The number of aliphatic hydroxyl groups is 2. The summed E-state index contributed by atoms with van der Waals surface area (Å²) in [5.41, 5.74) is 1.65. The van der Waals surface area contributed by atoms with Crippen LogP contribution in [0.4, 0.5) is 0 Å². The fourth-order valence-electron chi connectivity index (χ4n) is 4.81. The molecule has 2 aliphatic carbocycles. The number of halogens is 2. The normalized spacial score (nSPS) is 29.1. The lowest BCUT2D eigenvalue weighted by Crippen LogP contribution is -2.44. The molecule has 2 N–H and O–H groups in total. The summed E-state index contributed by atoms with van der Waals surface area (Å²) in [4.78, 5) is 0. The van der Waals surface area contributed by atoms with E-state index in [1.165, 1.54) is 0 Å². The van der Waals surface area contributed by atoms with Crippen LogP contribution in [0, 0.1) is 0 Å². The van der Waals surface area contributed by atoms with Gasteiger partial charge in [-0.25, -0.2) is 0 Å². The molecule has 0 saturated carbocycles. The third-order valence-electron chi connectivity index (χ3n) is 6.42. The molecule has 2 aliphatic rings. The monoisotopic (exact) mass is 536 g/mol. The number of hydrogen-bond donors (Lipinski definition) is 2. The van der Waals surface area contributed by atoms with Crippen LogP contribution in [-0.2, 0) is 11.2 Å². The van der Waals surface area contributed by atoms with Crippen LogP contribution < -0.4 is 0 Å². The van der Waals surface area contributed by atoms with Gasteiger partial charge < -0.3 is 10.2 Å². The largest absolute Gasteiger partial charge is 0.376 e. The van der Waals surface area contributed by atoms with Crippen LogP contribution >= 0.6 is 31.9 Å². The fourth-order valence-corrected chi connectivity index (χ4v) is 5.37. The number of benzene rings is 3. The first kappa shape index (κ1) is 20.9. The standard InChI is InChI=1S/C27H22Br2O2/c1-25(29)16-14-19(15-17-25)27(31)23-8-4-2-6-21(23)26(30,18-10-12-20(28)13-11-18)22-7-3-5-9-24(22)27/h2-16,30-31H,17H2,1H3. The summed E-state index contributed by atoms with van der Waals surface area (Å²) in [6.07, 6.45) is 6.94. The Balaban J connectivity index is 1.82. The van der Waals surface area contributed by atoms with Gasteiger partial charge in [-0.05, 0) is 58.9 Å². The SMILES string of the molecule is CC1(Br)C=CC(C2(O)c3ccccc3C(O)(c3ccc(Br)cc3)c3ccccc32)=CC1. The van der Waals surface area contributed by atoms with Gasteiger partial charge in [-0.1, -0.05) is 111 Å². The number of allylic oxidation sites excluding steroid dienone is 2. The van der Waals surface area contributed by atoms with Crippen LogP contribution in [0.2, 0.25) is 0 Å². The molecule has 2 nitrogen and oxygen atoms in total. The van der Waals surface area contributed by atoms with E-state index in [1.807, 2.05) is 78.9 Å². The lowest BCUT2D eigenvalue weighted by Gasteiger charge is -2.46. The Morgan fingerprint density at radius 3 is 1.68 bits per heavy atom.